The van der Waals surface area contributed by atoms with Gasteiger partial charge >= 0.3 is 0 Å². The van der Waals surface area contributed by atoms with Gasteiger partial charge in [0.2, 0.25) is 0 Å². The summed E-state index contributed by atoms with van der Waals surface area (Å²) in [4.78, 5) is 0. The standard InChI is InChI=1S/C10H12S/c1-8(2)9(3)6-10-4-5-11-7-10/h4-5,7H,1,3,6H2,2H3. The lowest BCUT2D eigenvalue weighted by atomic mass is 10.0. The van der Waals surface area contributed by atoms with Gasteiger partial charge in [-0.3, -0.25) is 0 Å². The second-order valence-corrected chi connectivity index (χ2v) is 3.47. The van der Waals surface area contributed by atoms with E-state index in [4.69, 9.17) is 0 Å². The largest absolute Gasteiger partial charge is 0.152 e. The predicted octanol–water partition coefficient (Wildman–Crippen LogP) is 3.42. The lowest BCUT2D eigenvalue weighted by Gasteiger charge is -2.01. The molecule has 0 fully saturated rings. The normalized spacial score (nSPS) is 9.55. The molecule has 0 saturated heterocycles. The highest BCUT2D eigenvalue weighted by atomic mass is 32.1. The molecular weight excluding hydrogens is 152 g/mol. The monoisotopic (exact) mass is 164 g/mol. The molecule has 0 nitrogen and oxygen atoms in total. The van der Waals surface area contributed by atoms with E-state index >= 15 is 0 Å². The molecule has 0 bridgehead atoms. The summed E-state index contributed by atoms with van der Waals surface area (Å²) in [5.74, 6) is 0. The molecule has 58 valence electrons. The second kappa shape index (κ2) is 3.54. The summed E-state index contributed by atoms with van der Waals surface area (Å²) in [6.45, 7) is 9.77. The SMILES string of the molecule is C=C(C)C(=C)Cc1ccsc1. The Morgan fingerprint density at radius 1 is 1.55 bits per heavy atom. The van der Waals surface area contributed by atoms with Crippen LogP contribution >= 0.6 is 11.3 Å². The van der Waals surface area contributed by atoms with Gasteiger partial charge in [0.25, 0.3) is 0 Å². The number of allylic oxidation sites excluding steroid dienone is 2. The maximum atomic E-state index is 3.93. The molecule has 0 radical (unpaired) electrons. The maximum Gasteiger partial charge on any atom is -0.00210 e. The Morgan fingerprint density at radius 2 is 2.27 bits per heavy atom. The van der Waals surface area contributed by atoms with Crippen LogP contribution in [0, 0.1) is 0 Å². The van der Waals surface area contributed by atoms with E-state index in [0.29, 0.717) is 0 Å². The maximum absolute atomic E-state index is 3.93. The number of hydrogen-bond donors (Lipinski definition) is 0. The van der Waals surface area contributed by atoms with Crippen molar-refractivity contribution in [2.75, 3.05) is 0 Å². The van der Waals surface area contributed by atoms with Gasteiger partial charge in [0.15, 0.2) is 0 Å². The van der Waals surface area contributed by atoms with Gasteiger partial charge in [-0.2, -0.15) is 11.3 Å². The third-order valence-electron chi connectivity index (χ3n) is 1.60. The van der Waals surface area contributed by atoms with Gasteiger partial charge < -0.3 is 0 Å². The van der Waals surface area contributed by atoms with E-state index in [2.05, 4.69) is 30.0 Å². The van der Waals surface area contributed by atoms with Crippen molar-refractivity contribution < 1.29 is 0 Å². The molecule has 0 N–H and O–H groups in total. The Morgan fingerprint density at radius 3 is 2.73 bits per heavy atom. The Bertz CT molecular complexity index is 254. The first-order valence-electron chi connectivity index (χ1n) is 3.55. The van der Waals surface area contributed by atoms with E-state index in [9.17, 15) is 0 Å². The summed E-state index contributed by atoms with van der Waals surface area (Å²) in [5, 5.41) is 4.23. The fraction of sp³-hybridized carbons (Fsp3) is 0.200. The Kier molecular flexibility index (Phi) is 2.66. The molecule has 11 heavy (non-hydrogen) atoms. The summed E-state index contributed by atoms with van der Waals surface area (Å²) < 4.78 is 0. The van der Waals surface area contributed by atoms with E-state index in [1.54, 1.807) is 11.3 Å². The first-order valence-corrected chi connectivity index (χ1v) is 4.49. The molecule has 0 aliphatic heterocycles. The molecule has 1 rings (SSSR count). The van der Waals surface area contributed by atoms with Crippen molar-refractivity contribution in [2.24, 2.45) is 0 Å². The molecule has 1 heteroatoms. The average molecular weight is 164 g/mol. The molecular formula is C10H12S. The smallest absolute Gasteiger partial charge is 0.00210 e. The minimum absolute atomic E-state index is 0.943. The van der Waals surface area contributed by atoms with Gasteiger partial charge in [-0.25, -0.2) is 0 Å². The zero-order valence-corrected chi connectivity index (χ0v) is 7.58. The lowest BCUT2D eigenvalue weighted by molar-refractivity contribution is 1.17. The minimum atomic E-state index is 0.943. The quantitative estimate of drug-likeness (QED) is 0.600. The molecule has 0 aromatic carbocycles. The van der Waals surface area contributed by atoms with Crippen molar-refractivity contribution >= 4 is 11.3 Å². The summed E-state index contributed by atoms with van der Waals surface area (Å²) in [6, 6.07) is 2.12. The molecule has 1 heterocycles. The highest BCUT2D eigenvalue weighted by Gasteiger charge is 1.96. The Balaban J connectivity index is 2.57. The van der Waals surface area contributed by atoms with Crippen molar-refractivity contribution in [3.8, 4) is 0 Å². The molecule has 0 aliphatic carbocycles. The van der Waals surface area contributed by atoms with E-state index in [-0.39, 0.29) is 0 Å². The third kappa shape index (κ3) is 2.35. The van der Waals surface area contributed by atoms with Gasteiger partial charge in [0, 0.05) is 0 Å². The summed E-state index contributed by atoms with van der Waals surface area (Å²) in [6.07, 6.45) is 0.943. The zero-order valence-electron chi connectivity index (χ0n) is 6.76. The summed E-state index contributed by atoms with van der Waals surface area (Å²) in [7, 11) is 0. The van der Waals surface area contributed by atoms with Crippen LogP contribution in [0.2, 0.25) is 0 Å². The molecule has 0 amide bonds. The van der Waals surface area contributed by atoms with E-state index < -0.39 is 0 Å². The van der Waals surface area contributed by atoms with E-state index in [1.165, 1.54) is 5.56 Å². The number of thiophene rings is 1. The molecule has 0 aliphatic rings. The van der Waals surface area contributed by atoms with Crippen LogP contribution in [0.25, 0.3) is 0 Å². The number of hydrogen-bond acceptors (Lipinski definition) is 1. The first kappa shape index (κ1) is 8.28. The molecule has 0 spiro atoms. The third-order valence-corrected chi connectivity index (χ3v) is 2.33. The summed E-state index contributed by atoms with van der Waals surface area (Å²) in [5.41, 5.74) is 3.54. The van der Waals surface area contributed by atoms with Crippen LogP contribution in [-0.2, 0) is 6.42 Å². The highest BCUT2D eigenvalue weighted by Crippen LogP contribution is 2.14. The van der Waals surface area contributed by atoms with Crippen molar-refractivity contribution in [3.63, 3.8) is 0 Å². The van der Waals surface area contributed by atoms with Gasteiger partial charge in [-0.05, 0) is 41.3 Å². The second-order valence-electron chi connectivity index (χ2n) is 2.69. The van der Waals surface area contributed by atoms with Gasteiger partial charge in [-0.1, -0.05) is 18.7 Å². The fourth-order valence-corrected chi connectivity index (χ4v) is 1.46. The van der Waals surface area contributed by atoms with Crippen molar-refractivity contribution in [1.82, 2.24) is 0 Å². The zero-order chi connectivity index (χ0) is 8.27. The first-order chi connectivity index (χ1) is 5.20. The van der Waals surface area contributed by atoms with Crippen LogP contribution < -0.4 is 0 Å². The average Bonchev–Trinajstić information content (AvgIpc) is 2.39. The Hall–Kier alpha value is -0.820. The predicted molar refractivity (Wildman–Crippen MR) is 52.0 cm³/mol. The molecule has 0 saturated carbocycles. The highest BCUT2D eigenvalue weighted by molar-refractivity contribution is 7.07. The van der Waals surface area contributed by atoms with Crippen LogP contribution in [-0.4, -0.2) is 0 Å². The van der Waals surface area contributed by atoms with E-state index in [1.807, 2.05) is 6.92 Å². The van der Waals surface area contributed by atoms with Crippen LogP contribution in [0.5, 0.6) is 0 Å². The van der Waals surface area contributed by atoms with Crippen molar-refractivity contribution in [3.05, 3.63) is 46.7 Å². The van der Waals surface area contributed by atoms with Gasteiger partial charge in [0.1, 0.15) is 0 Å². The lowest BCUT2D eigenvalue weighted by Crippen LogP contribution is -1.86. The molecule has 0 atom stereocenters. The van der Waals surface area contributed by atoms with Gasteiger partial charge in [-0.15, -0.1) is 0 Å². The van der Waals surface area contributed by atoms with Crippen LogP contribution in [0.1, 0.15) is 12.5 Å². The molecule has 1 aromatic rings. The Labute approximate surface area is 71.9 Å². The topological polar surface area (TPSA) is 0 Å². The molecule has 1 aromatic heterocycles. The summed E-state index contributed by atoms with van der Waals surface area (Å²) >= 11 is 1.72. The molecule has 0 unspecified atom stereocenters. The van der Waals surface area contributed by atoms with Crippen molar-refractivity contribution in [2.45, 2.75) is 13.3 Å². The van der Waals surface area contributed by atoms with Crippen molar-refractivity contribution in [1.29, 1.82) is 0 Å². The number of rotatable bonds is 3. The fourth-order valence-electron chi connectivity index (χ4n) is 0.791. The van der Waals surface area contributed by atoms with Crippen LogP contribution in [0.15, 0.2) is 41.1 Å². The minimum Gasteiger partial charge on any atom is -0.152 e. The van der Waals surface area contributed by atoms with Crippen LogP contribution in [0.4, 0.5) is 0 Å². The van der Waals surface area contributed by atoms with E-state index in [0.717, 1.165) is 17.6 Å². The van der Waals surface area contributed by atoms with Crippen LogP contribution in [0.3, 0.4) is 0 Å². The van der Waals surface area contributed by atoms with Gasteiger partial charge in [0.05, 0.1) is 0 Å².